The van der Waals surface area contributed by atoms with E-state index in [4.69, 9.17) is 18.6 Å². The molecule has 8 heteroatoms. The molecule has 7 nitrogen and oxygen atoms in total. The number of benzene rings is 2. The smallest absolute Gasteiger partial charge is 0.339 e. The zero-order valence-electron chi connectivity index (χ0n) is 16.6. The molecule has 0 bridgehead atoms. The summed E-state index contributed by atoms with van der Waals surface area (Å²) in [5.74, 6) is 7.59. The summed E-state index contributed by atoms with van der Waals surface area (Å²) in [6, 6.07) is 14.1. The molecule has 1 aromatic heterocycles. The van der Waals surface area contributed by atoms with Crippen molar-refractivity contribution in [1.82, 2.24) is 10.2 Å². The number of aromatic nitrogens is 2. The lowest BCUT2D eigenvalue weighted by Crippen LogP contribution is -2.05. The van der Waals surface area contributed by atoms with Gasteiger partial charge in [-0.15, -0.1) is 10.2 Å². The Morgan fingerprint density at radius 1 is 1.03 bits per heavy atom. The van der Waals surface area contributed by atoms with Crippen LogP contribution in [0, 0.1) is 11.8 Å². The largest absolute Gasteiger partial charge is 0.497 e. The highest BCUT2D eigenvalue weighted by molar-refractivity contribution is 7.99. The van der Waals surface area contributed by atoms with Crippen molar-refractivity contribution in [2.24, 2.45) is 0 Å². The number of nitrogens with zero attached hydrogens (tertiary/aromatic N) is 2. The second kappa shape index (κ2) is 10.9. The summed E-state index contributed by atoms with van der Waals surface area (Å²) in [7, 11) is 1.57. The summed E-state index contributed by atoms with van der Waals surface area (Å²) in [5, 5.41) is 8.46. The van der Waals surface area contributed by atoms with Crippen LogP contribution in [0.2, 0.25) is 0 Å². The maximum absolute atomic E-state index is 11.9. The summed E-state index contributed by atoms with van der Waals surface area (Å²) in [6.07, 6.45) is 0. The Hall–Kier alpha value is -3.44. The molecule has 3 rings (SSSR count). The van der Waals surface area contributed by atoms with E-state index < -0.39 is 5.97 Å². The molecule has 0 unspecified atom stereocenters. The van der Waals surface area contributed by atoms with Gasteiger partial charge in [0.2, 0.25) is 5.89 Å². The van der Waals surface area contributed by atoms with Crippen LogP contribution >= 0.6 is 11.8 Å². The molecule has 0 radical (unpaired) electrons. The van der Waals surface area contributed by atoms with Gasteiger partial charge in [-0.3, -0.25) is 0 Å². The van der Waals surface area contributed by atoms with E-state index >= 15 is 0 Å². The summed E-state index contributed by atoms with van der Waals surface area (Å²) in [4.78, 5) is 11.9. The summed E-state index contributed by atoms with van der Waals surface area (Å²) < 4.78 is 21.2. The second-order valence-corrected chi connectivity index (χ2v) is 6.70. The number of hydrogen-bond donors (Lipinski definition) is 0. The molecule has 0 saturated heterocycles. The van der Waals surface area contributed by atoms with E-state index in [1.165, 1.54) is 11.8 Å². The molecular formula is C22H20N2O5S. The van der Waals surface area contributed by atoms with Gasteiger partial charge in [0, 0.05) is 5.56 Å². The maximum Gasteiger partial charge on any atom is 0.339 e. The van der Waals surface area contributed by atoms with Crippen molar-refractivity contribution < 1.29 is 23.4 Å². The molecule has 0 N–H and O–H groups in total. The Labute approximate surface area is 178 Å². The Kier molecular flexibility index (Phi) is 7.75. The fraction of sp³-hybridized carbons (Fsp3) is 0.227. The van der Waals surface area contributed by atoms with Crippen LogP contribution < -0.4 is 9.47 Å². The van der Waals surface area contributed by atoms with Crippen molar-refractivity contribution in [1.29, 1.82) is 0 Å². The van der Waals surface area contributed by atoms with Crippen molar-refractivity contribution in [3.63, 3.8) is 0 Å². The maximum atomic E-state index is 11.9. The summed E-state index contributed by atoms with van der Waals surface area (Å²) in [6.45, 7) is 2.55. The minimum Gasteiger partial charge on any atom is -0.497 e. The van der Waals surface area contributed by atoms with E-state index in [1.54, 1.807) is 31.4 Å². The van der Waals surface area contributed by atoms with Gasteiger partial charge in [0.1, 0.15) is 11.5 Å². The first-order valence-corrected chi connectivity index (χ1v) is 10.1. The first-order valence-electron chi connectivity index (χ1n) is 9.16. The van der Waals surface area contributed by atoms with Gasteiger partial charge in [-0.2, -0.15) is 0 Å². The minimum atomic E-state index is -0.434. The molecule has 0 spiro atoms. The molecule has 0 atom stereocenters. The van der Waals surface area contributed by atoms with E-state index in [9.17, 15) is 4.79 Å². The average molecular weight is 424 g/mol. The van der Waals surface area contributed by atoms with Gasteiger partial charge in [-0.1, -0.05) is 23.6 Å². The van der Waals surface area contributed by atoms with E-state index in [0.717, 1.165) is 11.3 Å². The molecule has 0 amide bonds. The lowest BCUT2D eigenvalue weighted by molar-refractivity contribution is 0.0556. The molecule has 0 fully saturated rings. The van der Waals surface area contributed by atoms with Crippen molar-refractivity contribution in [2.45, 2.75) is 12.1 Å². The van der Waals surface area contributed by atoms with E-state index in [1.807, 2.05) is 31.2 Å². The van der Waals surface area contributed by atoms with Gasteiger partial charge >= 0.3 is 5.97 Å². The SMILES string of the molecule is CCOc1ccc(-c2nnc(SCC#CCOC(=O)c3ccc(OC)cc3)o2)cc1. The Morgan fingerprint density at radius 2 is 1.77 bits per heavy atom. The van der Waals surface area contributed by atoms with Crippen LogP contribution in [0.3, 0.4) is 0 Å². The second-order valence-electron chi connectivity index (χ2n) is 5.78. The number of methoxy groups -OCH3 is 1. The van der Waals surface area contributed by atoms with Gasteiger partial charge in [-0.25, -0.2) is 4.79 Å². The number of ether oxygens (including phenoxy) is 3. The van der Waals surface area contributed by atoms with Crippen LogP contribution in [0.25, 0.3) is 11.5 Å². The molecule has 0 aliphatic heterocycles. The third-order valence-electron chi connectivity index (χ3n) is 3.81. The fourth-order valence-electron chi connectivity index (χ4n) is 2.36. The third-order valence-corrected chi connectivity index (χ3v) is 4.51. The Bertz CT molecular complexity index is 1020. The summed E-state index contributed by atoms with van der Waals surface area (Å²) >= 11 is 1.31. The van der Waals surface area contributed by atoms with Crippen molar-refractivity contribution in [3.8, 4) is 34.8 Å². The zero-order valence-corrected chi connectivity index (χ0v) is 17.4. The number of hydrogen-bond acceptors (Lipinski definition) is 8. The average Bonchev–Trinajstić information content (AvgIpc) is 3.25. The topological polar surface area (TPSA) is 83.7 Å². The van der Waals surface area contributed by atoms with Gasteiger partial charge in [-0.05, 0) is 55.5 Å². The van der Waals surface area contributed by atoms with Gasteiger partial charge in [0.05, 0.1) is 25.0 Å². The van der Waals surface area contributed by atoms with Gasteiger partial charge < -0.3 is 18.6 Å². The number of carbonyl (C=O) groups is 1. The Morgan fingerprint density at radius 3 is 2.47 bits per heavy atom. The number of thioether (sulfide) groups is 1. The molecular weight excluding hydrogens is 404 g/mol. The minimum absolute atomic E-state index is 0.00663. The quantitative estimate of drug-likeness (QED) is 0.304. The molecule has 0 aliphatic carbocycles. The highest BCUT2D eigenvalue weighted by Crippen LogP contribution is 2.24. The third kappa shape index (κ3) is 6.03. The van der Waals surface area contributed by atoms with E-state index in [2.05, 4.69) is 22.0 Å². The van der Waals surface area contributed by atoms with Gasteiger partial charge in [0.15, 0.2) is 6.61 Å². The lowest BCUT2D eigenvalue weighted by Gasteiger charge is -2.02. The van der Waals surface area contributed by atoms with Crippen molar-refractivity contribution in [3.05, 3.63) is 54.1 Å². The van der Waals surface area contributed by atoms with Crippen LogP contribution in [0.4, 0.5) is 0 Å². The van der Waals surface area contributed by atoms with Crippen LogP contribution in [0.1, 0.15) is 17.3 Å². The fourth-order valence-corrected chi connectivity index (χ4v) is 2.89. The monoisotopic (exact) mass is 424 g/mol. The van der Waals surface area contributed by atoms with Crippen molar-refractivity contribution in [2.75, 3.05) is 26.1 Å². The molecule has 3 aromatic rings. The predicted molar refractivity (Wildman–Crippen MR) is 113 cm³/mol. The Balaban J connectivity index is 1.42. The molecule has 30 heavy (non-hydrogen) atoms. The molecule has 2 aromatic carbocycles. The predicted octanol–water partition coefficient (Wildman–Crippen LogP) is 4.10. The van der Waals surface area contributed by atoms with E-state index in [0.29, 0.717) is 34.8 Å². The van der Waals surface area contributed by atoms with Crippen LogP contribution in [0.5, 0.6) is 11.5 Å². The number of carbonyl (C=O) groups excluding carboxylic acids is 1. The molecule has 1 heterocycles. The standard InChI is InChI=1S/C22H20N2O5S/c1-3-27-19-12-6-16(7-13-19)20-23-24-22(29-20)30-15-5-4-14-28-21(25)17-8-10-18(26-2)11-9-17/h6-13H,3,14-15H2,1-2H3. The molecule has 0 aliphatic rings. The van der Waals surface area contributed by atoms with Crippen molar-refractivity contribution >= 4 is 17.7 Å². The van der Waals surface area contributed by atoms with E-state index in [-0.39, 0.29) is 6.61 Å². The van der Waals surface area contributed by atoms with Crippen LogP contribution in [-0.2, 0) is 4.74 Å². The summed E-state index contributed by atoms with van der Waals surface area (Å²) in [5.41, 5.74) is 1.26. The lowest BCUT2D eigenvalue weighted by atomic mass is 10.2. The van der Waals surface area contributed by atoms with Gasteiger partial charge in [0.25, 0.3) is 5.22 Å². The number of rotatable bonds is 8. The highest BCUT2D eigenvalue weighted by atomic mass is 32.2. The molecule has 0 saturated carbocycles. The zero-order chi connectivity index (χ0) is 21.2. The molecule has 154 valence electrons. The van der Waals surface area contributed by atoms with Crippen LogP contribution in [-0.4, -0.2) is 42.2 Å². The normalized spacial score (nSPS) is 10.1. The highest BCUT2D eigenvalue weighted by Gasteiger charge is 2.09. The first kappa shape index (κ1) is 21.3. The van der Waals surface area contributed by atoms with Crippen LogP contribution in [0.15, 0.2) is 58.2 Å². The number of esters is 1. The first-order chi connectivity index (χ1) is 14.7.